The lowest BCUT2D eigenvalue weighted by atomic mass is 10.1. The van der Waals surface area contributed by atoms with E-state index in [1.807, 2.05) is 0 Å². The molecular weight excluding hydrogens is 412 g/mol. The van der Waals surface area contributed by atoms with Gasteiger partial charge in [-0.1, -0.05) is 23.7 Å². The molecule has 7 nitrogen and oxygen atoms in total. The van der Waals surface area contributed by atoms with E-state index >= 15 is 0 Å². The highest BCUT2D eigenvalue weighted by Gasteiger charge is 2.15. The Morgan fingerprint density at radius 3 is 2.72 bits per heavy atom. The van der Waals surface area contributed by atoms with Crippen LogP contribution in [0.1, 0.15) is 22.5 Å². The largest absolute Gasteiger partial charge is 0.488 e. The zero-order chi connectivity index (χ0) is 20.8. The van der Waals surface area contributed by atoms with Crippen LogP contribution in [0.3, 0.4) is 0 Å². The molecule has 0 bridgehead atoms. The van der Waals surface area contributed by atoms with Crippen molar-refractivity contribution in [2.75, 3.05) is 0 Å². The lowest BCUT2D eigenvalue weighted by Crippen LogP contribution is -2.00. The van der Waals surface area contributed by atoms with Crippen molar-refractivity contribution >= 4 is 35.4 Å². The standard InChI is InChI=1S/C20H15ClN4O3S/c1-12-23-20(25-24-12)29-18(19(26)27)9-15-8-16(21)6-7-17(15)28-11-14-4-2-13(10-22)3-5-14/h2-9H,11H2,1H3,(H,26,27)(H,23,24,25)/b18-9+. The fraction of sp³-hybridized carbons (Fsp3) is 0.100. The van der Waals surface area contributed by atoms with E-state index in [0.29, 0.717) is 32.9 Å². The summed E-state index contributed by atoms with van der Waals surface area (Å²) in [5.74, 6) is -0.0498. The number of nitriles is 1. The van der Waals surface area contributed by atoms with Crippen molar-refractivity contribution < 1.29 is 14.6 Å². The molecule has 0 aliphatic carbocycles. The van der Waals surface area contributed by atoms with Gasteiger partial charge in [-0.3, -0.25) is 5.10 Å². The third-order valence-electron chi connectivity index (χ3n) is 3.72. The third-order valence-corrected chi connectivity index (χ3v) is 4.84. The number of nitrogens with zero attached hydrogens (tertiary/aromatic N) is 3. The lowest BCUT2D eigenvalue weighted by Gasteiger charge is -2.11. The molecule has 0 saturated heterocycles. The molecule has 3 rings (SSSR count). The van der Waals surface area contributed by atoms with Gasteiger partial charge in [-0.25, -0.2) is 9.78 Å². The van der Waals surface area contributed by atoms with Crippen molar-refractivity contribution in [3.8, 4) is 11.8 Å². The molecule has 0 atom stereocenters. The van der Waals surface area contributed by atoms with Crippen molar-refractivity contribution in [2.24, 2.45) is 0 Å². The SMILES string of the molecule is Cc1nc(S/C(=C/c2cc(Cl)ccc2OCc2ccc(C#N)cc2)C(=O)O)n[nH]1. The molecule has 2 aromatic carbocycles. The zero-order valence-electron chi connectivity index (χ0n) is 15.2. The number of benzene rings is 2. The fourth-order valence-corrected chi connectivity index (χ4v) is 3.27. The van der Waals surface area contributed by atoms with Crippen molar-refractivity contribution in [1.82, 2.24) is 15.2 Å². The van der Waals surface area contributed by atoms with Gasteiger partial charge in [0.1, 0.15) is 23.1 Å². The molecule has 0 radical (unpaired) electrons. The number of aryl methyl sites for hydroxylation is 1. The van der Waals surface area contributed by atoms with Gasteiger partial charge in [0.2, 0.25) is 5.16 Å². The molecule has 0 saturated carbocycles. The van der Waals surface area contributed by atoms with E-state index in [1.54, 1.807) is 49.4 Å². The molecule has 9 heteroatoms. The molecule has 2 N–H and O–H groups in total. The molecule has 0 aliphatic heterocycles. The van der Waals surface area contributed by atoms with Crippen LogP contribution in [0.25, 0.3) is 6.08 Å². The molecule has 29 heavy (non-hydrogen) atoms. The number of ether oxygens (including phenoxy) is 1. The van der Waals surface area contributed by atoms with Crippen molar-refractivity contribution in [3.63, 3.8) is 0 Å². The minimum atomic E-state index is -1.12. The van der Waals surface area contributed by atoms with E-state index in [4.69, 9.17) is 21.6 Å². The molecule has 146 valence electrons. The highest BCUT2D eigenvalue weighted by atomic mass is 35.5. The van der Waals surface area contributed by atoms with Gasteiger partial charge in [-0.15, -0.1) is 5.10 Å². The molecule has 1 aromatic heterocycles. The first-order chi connectivity index (χ1) is 13.9. The number of aromatic amines is 1. The number of H-pyrrole nitrogens is 1. The number of aliphatic carboxylic acids is 1. The van der Waals surface area contributed by atoms with E-state index in [2.05, 4.69) is 21.3 Å². The second kappa shape index (κ2) is 9.28. The predicted molar refractivity (Wildman–Crippen MR) is 110 cm³/mol. The summed E-state index contributed by atoms with van der Waals surface area (Å²) >= 11 is 7.02. The highest BCUT2D eigenvalue weighted by molar-refractivity contribution is 8.04. The summed E-state index contributed by atoms with van der Waals surface area (Å²) < 4.78 is 5.86. The summed E-state index contributed by atoms with van der Waals surface area (Å²) in [5.41, 5.74) is 1.95. The lowest BCUT2D eigenvalue weighted by molar-refractivity contribution is -0.131. The van der Waals surface area contributed by atoms with E-state index in [-0.39, 0.29) is 11.5 Å². The maximum Gasteiger partial charge on any atom is 0.342 e. The number of carbonyl (C=O) groups is 1. The highest BCUT2D eigenvalue weighted by Crippen LogP contribution is 2.31. The topological polar surface area (TPSA) is 112 Å². The summed E-state index contributed by atoms with van der Waals surface area (Å²) in [6.45, 7) is 1.98. The van der Waals surface area contributed by atoms with Gasteiger partial charge in [0.15, 0.2) is 0 Å². The van der Waals surface area contributed by atoms with Crippen LogP contribution in [0, 0.1) is 18.3 Å². The fourth-order valence-electron chi connectivity index (χ4n) is 2.34. The Morgan fingerprint density at radius 1 is 1.34 bits per heavy atom. The van der Waals surface area contributed by atoms with Crippen LogP contribution in [0.5, 0.6) is 5.75 Å². The monoisotopic (exact) mass is 426 g/mol. The Morgan fingerprint density at radius 2 is 2.10 bits per heavy atom. The average Bonchev–Trinajstić information content (AvgIpc) is 3.12. The van der Waals surface area contributed by atoms with Crippen LogP contribution in [0.4, 0.5) is 0 Å². The Balaban J connectivity index is 1.84. The molecule has 0 amide bonds. The Kier molecular flexibility index (Phi) is 6.54. The average molecular weight is 427 g/mol. The molecule has 0 spiro atoms. The first-order valence-corrected chi connectivity index (χ1v) is 9.57. The number of carboxylic acid groups (broad SMARTS) is 1. The van der Waals surface area contributed by atoms with Gasteiger partial charge in [0, 0.05) is 10.6 Å². The molecular formula is C20H15ClN4O3S. The Bertz CT molecular complexity index is 1100. The number of nitrogens with one attached hydrogen (secondary N) is 1. The van der Waals surface area contributed by atoms with Crippen LogP contribution in [-0.4, -0.2) is 26.3 Å². The number of hydrogen-bond donors (Lipinski definition) is 2. The van der Waals surface area contributed by atoms with Crippen LogP contribution < -0.4 is 4.74 Å². The maximum atomic E-state index is 11.7. The van der Waals surface area contributed by atoms with Crippen molar-refractivity contribution in [3.05, 3.63) is 74.9 Å². The maximum absolute atomic E-state index is 11.7. The second-order valence-electron chi connectivity index (χ2n) is 5.90. The van der Waals surface area contributed by atoms with Gasteiger partial charge < -0.3 is 9.84 Å². The Hall–Kier alpha value is -3.28. The smallest absolute Gasteiger partial charge is 0.342 e. The first-order valence-electron chi connectivity index (χ1n) is 8.38. The molecule has 1 heterocycles. The molecule has 0 aliphatic rings. The van der Waals surface area contributed by atoms with E-state index in [9.17, 15) is 9.90 Å². The van der Waals surface area contributed by atoms with E-state index < -0.39 is 5.97 Å². The molecule has 0 fully saturated rings. The number of aromatic nitrogens is 3. The normalized spacial score (nSPS) is 11.1. The van der Waals surface area contributed by atoms with Crippen LogP contribution in [-0.2, 0) is 11.4 Å². The number of hydrogen-bond acceptors (Lipinski definition) is 6. The summed E-state index contributed by atoms with van der Waals surface area (Å²) in [4.78, 5) is 15.8. The van der Waals surface area contributed by atoms with Gasteiger partial charge in [-0.2, -0.15) is 5.26 Å². The summed E-state index contributed by atoms with van der Waals surface area (Å²) in [7, 11) is 0. The van der Waals surface area contributed by atoms with Gasteiger partial charge in [0.05, 0.1) is 11.6 Å². The number of carboxylic acids is 1. The number of rotatable bonds is 7. The zero-order valence-corrected chi connectivity index (χ0v) is 16.8. The summed E-state index contributed by atoms with van der Waals surface area (Å²) in [6, 6.07) is 14.1. The third kappa shape index (κ3) is 5.60. The Labute approximate surface area is 176 Å². The van der Waals surface area contributed by atoms with Gasteiger partial charge >= 0.3 is 5.97 Å². The van der Waals surface area contributed by atoms with Crippen molar-refractivity contribution in [1.29, 1.82) is 5.26 Å². The minimum Gasteiger partial charge on any atom is -0.488 e. The number of halogens is 1. The summed E-state index contributed by atoms with van der Waals surface area (Å²) in [5, 5.41) is 25.8. The van der Waals surface area contributed by atoms with Crippen LogP contribution in [0.15, 0.2) is 52.5 Å². The van der Waals surface area contributed by atoms with Gasteiger partial charge in [0.25, 0.3) is 0 Å². The summed E-state index contributed by atoms with van der Waals surface area (Å²) in [6.07, 6.45) is 1.47. The van der Waals surface area contributed by atoms with Crippen LogP contribution in [0.2, 0.25) is 5.02 Å². The van der Waals surface area contributed by atoms with E-state index in [1.165, 1.54) is 6.08 Å². The quantitative estimate of drug-likeness (QED) is 0.424. The van der Waals surface area contributed by atoms with Gasteiger partial charge in [-0.05, 0) is 60.7 Å². The minimum absolute atomic E-state index is 0.0227. The first kappa shape index (κ1) is 20.5. The van der Waals surface area contributed by atoms with E-state index in [0.717, 1.165) is 17.3 Å². The molecule has 0 unspecified atom stereocenters. The second-order valence-corrected chi connectivity index (χ2v) is 7.34. The predicted octanol–water partition coefficient (Wildman–Crippen LogP) is 4.44. The number of thioether (sulfide) groups is 1. The van der Waals surface area contributed by atoms with Crippen molar-refractivity contribution in [2.45, 2.75) is 18.7 Å². The van der Waals surface area contributed by atoms with Crippen LogP contribution >= 0.6 is 23.4 Å². The molecule has 3 aromatic rings.